The first-order chi connectivity index (χ1) is 13.6. The molecule has 2 heterocycles. The fraction of sp³-hybridized carbons (Fsp3) is 0.429. The van der Waals surface area contributed by atoms with Crippen molar-refractivity contribution in [1.29, 1.82) is 0 Å². The van der Waals surface area contributed by atoms with E-state index < -0.39 is 0 Å². The molecule has 1 atom stereocenters. The fourth-order valence-corrected chi connectivity index (χ4v) is 4.72. The molecule has 1 aromatic carbocycles. The summed E-state index contributed by atoms with van der Waals surface area (Å²) in [6.07, 6.45) is 1.15. The number of amides is 1. The van der Waals surface area contributed by atoms with Crippen molar-refractivity contribution in [1.82, 2.24) is 15.1 Å². The second-order valence-electron chi connectivity index (χ2n) is 7.09. The van der Waals surface area contributed by atoms with Crippen molar-refractivity contribution in [3.8, 4) is 0 Å². The largest absolute Gasteiger partial charge is 0.351 e. The average molecular weight is 417 g/mol. The molecule has 150 valence electrons. The van der Waals surface area contributed by atoms with Crippen LogP contribution in [0.4, 0.5) is 0 Å². The van der Waals surface area contributed by atoms with Gasteiger partial charge in [-0.1, -0.05) is 24.3 Å². The summed E-state index contributed by atoms with van der Waals surface area (Å²) in [6, 6.07) is 14.7. The van der Waals surface area contributed by atoms with E-state index in [1.165, 1.54) is 9.77 Å². The number of hydrogen-bond donors (Lipinski definition) is 1. The molecule has 1 aliphatic heterocycles. The van der Waals surface area contributed by atoms with Gasteiger partial charge < -0.3 is 15.1 Å². The molecule has 28 heavy (non-hydrogen) atoms. The number of rotatable bonds is 7. The summed E-state index contributed by atoms with van der Waals surface area (Å²) in [5.74, 6) is 2.60. The first kappa shape index (κ1) is 20.7. The highest BCUT2D eigenvalue weighted by Crippen LogP contribution is 2.26. The lowest BCUT2D eigenvalue weighted by molar-refractivity contribution is -0.127. The molecule has 1 amide bonds. The first-order valence-corrected chi connectivity index (χ1v) is 11.4. The van der Waals surface area contributed by atoms with E-state index in [0.29, 0.717) is 5.92 Å². The summed E-state index contributed by atoms with van der Waals surface area (Å²) in [5, 5.41) is 5.54. The summed E-state index contributed by atoms with van der Waals surface area (Å²) in [6.45, 7) is 2.88. The molecule has 3 rings (SSSR count). The molecule has 7 heteroatoms. The summed E-state index contributed by atoms with van der Waals surface area (Å²) in [5.41, 5.74) is 0. The van der Waals surface area contributed by atoms with E-state index in [1.807, 2.05) is 11.8 Å². The Bertz CT molecular complexity index is 762. The molecule has 0 spiro atoms. The maximum absolute atomic E-state index is 12.0. The number of thiophene rings is 1. The van der Waals surface area contributed by atoms with Crippen molar-refractivity contribution in [2.24, 2.45) is 10.9 Å². The predicted octanol–water partition coefficient (Wildman–Crippen LogP) is 3.40. The van der Waals surface area contributed by atoms with Crippen LogP contribution in [0.15, 0.2) is 57.7 Å². The van der Waals surface area contributed by atoms with Gasteiger partial charge in [0.2, 0.25) is 5.91 Å². The van der Waals surface area contributed by atoms with Crippen LogP contribution in [0.3, 0.4) is 0 Å². The molecule has 1 fully saturated rings. The van der Waals surface area contributed by atoms with Gasteiger partial charge in [-0.15, -0.1) is 23.1 Å². The molecule has 0 aliphatic carbocycles. The quantitative estimate of drug-likeness (QED) is 0.427. The molecule has 1 unspecified atom stereocenters. The normalized spacial score (nSPS) is 17.0. The molecule has 1 aliphatic rings. The number of nitrogens with one attached hydrogen (secondary N) is 1. The lowest BCUT2D eigenvalue weighted by Crippen LogP contribution is -2.40. The van der Waals surface area contributed by atoms with Crippen LogP contribution < -0.4 is 5.32 Å². The summed E-state index contributed by atoms with van der Waals surface area (Å²) in [7, 11) is 3.53. The molecule has 1 aromatic heterocycles. The number of hydrogen-bond acceptors (Lipinski definition) is 4. The van der Waals surface area contributed by atoms with Gasteiger partial charge in [0.15, 0.2) is 5.96 Å². The molecule has 1 saturated heterocycles. The van der Waals surface area contributed by atoms with E-state index >= 15 is 0 Å². The number of likely N-dealkylation sites (tertiary alicyclic amines) is 1. The van der Waals surface area contributed by atoms with Crippen LogP contribution >= 0.6 is 23.1 Å². The van der Waals surface area contributed by atoms with Crippen molar-refractivity contribution in [2.45, 2.75) is 17.9 Å². The van der Waals surface area contributed by atoms with Gasteiger partial charge in [-0.3, -0.25) is 4.79 Å². The van der Waals surface area contributed by atoms with Gasteiger partial charge in [0.05, 0.1) is 6.54 Å². The number of aliphatic imine (C=N–C) groups is 1. The Labute approximate surface area is 175 Å². The molecule has 5 nitrogen and oxygen atoms in total. The number of nitrogens with zero attached hydrogens (tertiary/aromatic N) is 3. The molecule has 0 bridgehead atoms. The Hall–Kier alpha value is -1.99. The van der Waals surface area contributed by atoms with Gasteiger partial charge >= 0.3 is 0 Å². The zero-order valence-electron chi connectivity index (χ0n) is 16.5. The van der Waals surface area contributed by atoms with Gasteiger partial charge in [-0.2, -0.15) is 0 Å². The third-order valence-corrected chi connectivity index (χ3v) is 6.80. The van der Waals surface area contributed by atoms with Gasteiger partial charge in [-0.25, -0.2) is 4.99 Å². The third kappa shape index (κ3) is 6.27. The van der Waals surface area contributed by atoms with E-state index in [4.69, 9.17) is 0 Å². The minimum Gasteiger partial charge on any atom is -0.351 e. The number of benzene rings is 1. The van der Waals surface area contributed by atoms with Crippen LogP contribution in [0.25, 0.3) is 0 Å². The van der Waals surface area contributed by atoms with Crippen LogP contribution in [-0.4, -0.2) is 61.1 Å². The topological polar surface area (TPSA) is 47.9 Å². The van der Waals surface area contributed by atoms with Crippen LogP contribution in [0.1, 0.15) is 11.3 Å². The zero-order chi connectivity index (χ0) is 19.8. The molecular formula is C21H28N4OS2. The Morgan fingerprint density at radius 2 is 2.11 bits per heavy atom. The molecule has 0 saturated carbocycles. The number of thioether (sulfide) groups is 1. The molecule has 2 aromatic rings. The highest BCUT2D eigenvalue weighted by molar-refractivity contribution is 7.99. The van der Waals surface area contributed by atoms with Crippen molar-refractivity contribution >= 4 is 35.0 Å². The summed E-state index contributed by atoms with van der Waals surface area (Å²) < 4.78 is 0. The Morgan fingerprint density at radius 1 is 1.29 bits per heavy atom. The fourth-order valence-electron chi connectivity index (χ4n) is 3.02. The van der Waals surface area contributed by atoms with E-state index in [2.05, 4.69) is 63.1 Å². The average Bonchev–Trinajstić information content (AvgIpc) is 3.39. The highest BCUT2D eigenvalue weighted by atomic mass is 32.2. The lowest BCUT2D eigenvalue weighted by Gasteiger charge is -2.22. The lowest BCUT2D eigenvalue weighted by atomic mass is 10.2. The van der Waals surface area contributed by atoms with Gasteiger partial charge in [0.1, 0.15) is 6.54 Å². The van der Waals surface area contributed by atoms with Crippen molar-refractivity contribution in [3.63, 3.8) is 0 Å². The molecular weight excluding hydrogens is 388 g/mol. The number of carbonyl (C=O) groups excluding carboxylic acids is 1. The van der Waals surface area contributed by atoms with E-state index in [0.717, 1.165) is 37.8 Å². The Balaban J connectivity index is 1.57. The van der Waals surface area contributed by atoms with E-state index in [9.17, 15) is 4.79 Å². The third-order valence-electron chi connectivity index (χ3n) is 4.68. The standard InChI is InChI=1S/C21H28N4OS2/c1-24(2)20(26)14-23-21(22-13-19-9-6-12-27-19)25-11-10-17(15-25)16-28-18-7-4-3-5-8-18/h3-9,12,17H,10-11,13-16H2,1-2H3,(H,22,23). The van der Waals surface area contributed by atoms with Crippen molar-refractivity contribution in [3.05, 3.63) is 52.7 Å². The van der Waals surface area contributed by atoms with Crippen LogP contribution in [-0.2, 0) is 11.3 Å². The van der Waals surface area contributed by atoms with Gasteiger partial charge in [0.25, 0.3) is 0 Å². The molecule has 0 radical (unpaired) electrons. The first-order valence-electron chi connectivity index (χ1n) is 9.55. The SMILES string of the molecule is CN(C)C(=O)CN=C(NCc1cccs1)N1CCC(CSc2ccccc2)C1. The van der Waals surface area contributed by atoms with Gasteiger partial charge in [0, 0.05) is 42.7 Å². The van der Waals surface area contributed by atoms with Crippen molar-refractivity contribution in [2.75, 3.05) is 39.5 Å². The van der Waals surface area contributed by atoms with Crippen LogP contribution in [0.2, 0.25) is 0 Å². The second kappa shape index (κ2) is 10.5. The predicted molar refractivity (Wildman–Crippen MR) is 119 cm³/mol. The molecule has 1 N–H and O–H groups in total. The summed E-state index contributed by atoms with van der Waals surface area (Å²) in [4.78, 5) is 23.1. The maximum Gasteiger partial charge on any atom is 0.243 e. The van der Waals surface area contributed by atoms with E-state index in [1.54, 1.807) is 30.3 Å². The Kier molecular flexibility index (Phi) is 7.80. The second-order valence-corrected chi connectivity index (χ2v) is 9.21. The maximum atomic E-state index is 12.0. The minimum atomic E-state index is 0.0193. The minimum absolute atomic E-state index is 0.0193. The van der Waals surface area contributed by atoms with Crippen LogP contribution in [0.5, 0.6) is 0 Å². The Morgan fingerprint density at radius 3 is 2.82 bits per heavy atom. The van der Waals surface area contributed by atoms with Gasteiger partial charge in [-0.05, 0) is 35.9 Å². The monoisotopic (exact) mass is 416 g/mol. The summed E-state index contributed by atoms with van der Waals surface area (Å²) >= 11 is 3.65. The van der Waals surface area contributed by atoms with Crippen LogP contribution in [0, 0.1) is 5.92 Å². The number of carbonyl (C=O) groups is 1. The number of likely N-dealkylation sites (N-methyl/N-ethyl adjacent to an activating group) is 1. The van der Waals surface area contributed by atoms with Crippen molar-refractivity contribution < 1.29 is 4.79 Å². The van der Waals surface area contributed by atoms with E-state index in [-0.39, 0.29) is 12.5 Å². The smallest absolute Gasteiger partial charge is 0.243 e. The zero-order valence-corrected chi connectivity index (χ0v) is 18.1. The number of guanidine groups is 1. The highest BCUT2D eigenvalue weighted by Gasteiger charge is 2.25.